The molecule has 174 valence electrons. The summed E-state index contributed by atoms with van der Waals surface area (Å²) in [5.41, 5.74) is 7.11. The molecule has 0 heterocycles. The highest BCUT2D eigenvalue weighted by molar-refractivity contribution is 5.90. The maximum atomic E-state index is 11.5. The summed E-state index contributed by atoms with van der Waals surface area (Å²) < 4.78 is 0. The summed E-state index contributed by atoms with van der Waals surface area (Å²) in [7, 11) is 0. The van der Waals surface area contributed by atoms with Gasteiger partial charge < -0.3 is 15.0 Å². The number of phenols is 1. The van der Waals surface area contributed by atoms with Crippen LogP contribution in [-0.4, -0.2) is 11.1 Å². The van der Waals surface area contributed by atoms with E-state index >= 15 is 0 Å². The number of carbonyl (C=O) groups is 1. The van der Waals surface area contributed by atoms with Gasteiger partial charge in [-0.05, 0) is 81.2 Å². The molecule has 32 heavy (non-hydrogen) atoms. The van der Waals surface area contributed by atoms with E-state index in [1.807, 2.05) is 0 Å². The second kappa shape index (κ2) is 9.52. The van der Waals surface area contributed by atoms with Gasteiger partial charge in [-0.15, -0.1) is 0 Å². The molecule has 0 aromatic heterocycles. The summed E-state index contributed by atoms with van der Waals surface area (Å²) in [5, 5.41) is 22.7. The van der Waals surface area contributed by atoms with Crippen molar-refractivity contribution in [3.05, 3.63) is 68.8 Å². The molecule has 2 rings (SSSR count). The van der Waals surface area contributed by atoms with E-state index in [4.69, 9.17) is 0 Å². The normalized spacial score (nSPS) is 12.8. The predicted molar refractivity (Wildman–Crippen MR) is 132 cm³/mol. The van der Waals surface area contributed by atoms with Crippen molar-refractivity contribution >= 4 is 12.0 Å². The van der Waals surface area contributed by atoms with Crippen molar-refractivity contribution in [2.45, 2.75) is 92.4 Å². The molecule has 2 aromatic rings. The second-order valence-corrected chi connectivity index (χ2v) is 10.9. The summed E-state index contributed by atoms with van der Waals surface area (Å²) in [5.74, 6) is -0.832. The number of hydrogen-bond acceptors (Lipinski definition) is 3. The molecule has 0 radical (unpaired) electrons. The molecule has 0 saturated carbocycles. The lowest BCUT2D eigenvalue weighted by Crippen LogP contribution is -2.23. The zero-order valence-electron chi connectivity index (χ0n) is 21.3. The van der Waals surface area contributed by atoms with E-state index in [1.165, 1.54) is 11.1 Å². The van der Waals surface area contributed by atoms with Crippen LogP contribution >= 0.6 is 0 Å². The smallest absolute Gasteiger partial charge is 0.122 e. The first-order valence-corrected chi connectivity index (χ1v) is 11.6. The molecule has 1 N–H and O–H groups in total. The zero-order chi connectivity index (χ0) is 24.4. The van der Waals surface area contributed by atoms with Gasteiger partial charge in [0.2, 0.25) is 0 Å². The van der Waals surface area contributed by atoms with Crippen LogP contribution in [0.25, 0.3) is 6.08 Å². The Kier molecular flexibility index (Phi) is 7.65. The third-order valence-electron chi connectivity index (χ3n) is 6.07. The van der Waals surface area contributed by atoms with Gasteiger partial charge in [-0.2, -0.15) is 0 Å². The van der Waals surface area contributed by atoms with Gasteiger partial charge in [0.25, 0.3) is 0 Å². The number of aliphatic carboxylic acids is 1. The van der Waals surface area contributed by atoms with Crippen LogP contribution in [0.2, 0.25) is 0 Å². The quantitative estimate of drug-likeness (QED) is 0.579. The number of carboxylic acids is 1. The Morgan fingerprint density at radius 1 is 0.875 bits per heavy atom. The number of carboxylic acid groups (broad SMARTS) is 1. The largest absolute Gasteiger partial charge is 0.545 e. The molecule has 0 aliphatic heterocycles. The van der Waals surface area contributed by atoms with E-state index in [2.05, 4.69) is 79.7 Å². The lowest BCUT2D eigenvalue weighted by atomic mass is 9.78. The maximum Gasteiger partial charge on any atom is 0.122 e. The van der Waals surface area contributed by atoms with Crippen molar-refractivity contribution in [1.82, 2.24) is 0 Å². The van der Waals surface area contributed by atoms with Gasteiger partial charge in [-0.1, -0.05) is 79.7 Å². The molecule has 0 spiro atoms. The SMILES string of the molecule is CCc1cc(Cc2cc(CC)cc(C(C)(C)C)c2/C=C(\C)C(=O)[O-])c(O)c(C(C)(C)C)c1. The minimum Gasteiger partial charge on any atom is -0.545 e. The Morgan fingerprint density at radius 2 is 1.34 bits per heavy atom. The summed E-state index contributed by atoms with van der Waals surface area (Å²) in [6, 6.07) is 8.52. The molecular weight excluding hydrogens is 396 g/mol. The lowest BCUT2D eigenvalue weighted by Gasteiger charge is -2.27. The Hall–Kier alpha value is -2.55. The van der Waals surface area contributed by atoms with E-state index in [1.54, 1.807) is 13.0 Å². The van der Waals surface area contributed by atoms with Crippen LogP contribution in [0.1, 0.15) is 101 Å². The van der Waals surface area contributed by atoms with Gasteiger partial charge in [0.15, 0.2) is 0 Å². The molecule has 3 heteroatoms. The zero-order valence-corrected chi connectivity index (χ0v) is 21.3. The van der Waals surface area contributed by atoms with Crippen molar-refractivity contribution in [3.63, 3.8) is 0 Å². The minimum atomic E-state index is -1.17. The number of aromatic hydroxyl groups is 1. The monoisotopic (exact) mass is 435 g/mol. The molecule has 0 saturated heterocycles. The molecular formula is C29H39O3-. The maximum absolute atomic E-state index is 11.5. The second-order valence-electron chi connectivity index (χ2n) is 10.9. The predicted octanol–water partition coefficient (Wildman–Crippen LogP) is 5.86. The van der Waals surface area contributed by atoms with Gasteiger partial charge in [0.05, 0.1) is 5.97 Å². The van der Waals surface area contributed by atoms with E-state index < -0.39 is 5.97 Å². The summed E-state index contributed by atoms with van der Waals surface area (Å²) >= 11 is 0. The first kappa shape index (κ1) is 25.7. The van der Waals surface area contributed by atoms with Crippen molar-refractivity contribution in [2.75, 3.05) is 0 Å². The highest BCUT2D eigenvalue weighted by Gasteiger charge is 2.24. The van der Waals surface area contributed by atoms with Crippen LogP contribution in [0.15, 0.2) is 29.8 Å². The molecule has 0 aliphatic rings. The fourth-order valence-electron chi connectivity index (χ4n) is 4.07. The van der Waals surface area contributed by atoms with Gasteiger partial charge in [-0.3, -0.25) is 0 Å². The van der Waals surface area contributed by atoms with E-state index in [0.29, 0.717) is 12.2 Å². The van der Waals surface area contributed by atoms with Gasteiger partial charge in [0.1, 0.15) is 5.75 Å². The molecule has 0 bridgehead atoms. The Balaban J connectivity index is 2.83. The number of aryl methyl sites for hydroxylation is 2. The van der Waals surface area contributed by atoms with Crippen molar-refractivity contribution < 1.29 is 15.0 Å². The van der Waals surface area contributed by atoms with Crippen LogP contribution in [0.4, 0.5) is 0 Å². The van der Waals surface area contributed by atoms with E-state index in [9.17, 15) is 15.0 Å². The first-order valence-electron chi connectivity index (χ1n) is 11.6. The van der Waals surface area contributed by atoms with E-state index in [-0.39, 0.29) is 16.4 Å². The fraction of sp³-hybridized carbons (Fsp3) is 0.483. The molecule has 2 aromatic carbocycles. The van der Waals surface area contributed by atoms with Crippen LogP contribution < -0.4 is 5.11 Å². The summed E-state index contributed by atoms with van der Waals surface area (Å²) in [6.45, 7) is 18.6. The highest BCUT2D eigenvalue weighted by Crippen LogP contribution is 2.38. The number of carbonyl (C=O) groups excluding carboxylic acids is 1. The van der Waals surface area contributed by atoms with Crippen LogP contribution in [0.5, 0.6) is 5.75 Å². The van der Waals surface area contributed by atoms with Crippen LogP contribution in [-0.2, 0) is 34.9 Å². The minimum absolute atomic E-state index is 0.165. The Bertz CT molecular complexity index is 1030. The lowest BCUT2D eigenvalue weighted by molar-refractivity contribution is -0.299. The number of hydrogen-bond donors (Lipinski definition) is 1. The summed E-state index contributed by atoms with van der Waals surface area (Å²) in [4.78, 5) is 11.5. The Morgan fingerprint density at radius 3 is 1.78 bits per heavy atom. The van der Waals surface area contributed by atoms with E-state index in [0.717, 1.165) is 40.7 Å². The van der Waals surface area contributed by atoms with Crippen molar-refractivity contribution in [2.24, 2.45) is 0 Å². The molecule has 0 unspecified atom stereocenters. The summed E-state index contributed by atoms with van der Waals surface area (Å²) in [6.07, 6.45) is 4.03. The fourth-order valence-corrected chi connectivity index (χ4v) is 4.07. The standard InChI is InChI=1S/C29H40O3/c1-10-19-13-21(23(12-18(3)27(31)32)24(15-19)28(4,5)6)17-22-14-20(11-2)16-25(26(22)30)29(7,8)9/h12-16,30H,10-11,17H2,1-9H3,(H,31,32)/p-1/b18-12+. The molecule has 3 nitrogen and oxygen atoms in total. The average molecular weight is 436 g/mol. The number of phenolic OH excluding ortho intramolecular Hbond substituents is 1. The van der Waals surface area contributed by atoms with Gasteiger partial charge in [-0.25, -0.2) is 0 Å². The van der Waals surface area contributed by atoms with Crippen molar-refractivity contribution in [3.8, 4) is 5.75 Å². The van der Waals surface area contributed by atoms with Gasteiger partial charge in [0, 0.05) is 6.42 Å². The molecule has 0 amide bonds. The third-order valence-corrected chi connectivity index (χ3v) is 6.07. The van der Waals surface area contributed by atoms with Crippen molar-refractivity contribution in [1.29, 1.82) is 0 Å². The van der Waals surface area contributed by atoms with Crippen LogP contribution in [0.3, 0.4) is 0 Å². The number of rotatable bonds is 6. The molecule has 0 fully saturated rings. The average Bonchev–Trinajstić information content (AvgIpc) is 2.68. The molecule has 0 aliphatic carbocycles. The number of benzene rings is 2. The van der Waals surface area contributed by atoms with Crippen LogP contribution in [0, 0.1) is 0 Å². The topological polar surface area (TPSA) is 60.4 Å². The third kappa shape index (κ3) is 5.82. The van der Waals surface area contributed by atoms with Gasteiger partial charge >= 0.3 is 0 Å². The first-order chi connectivity index (χ1) is 14.7. The highest BCUT2D eigenvalue weighted by atomic mass is 16.4. The Labute approximate surface area is 194 Å². The molecule has 0 atom stereocenters.